The zero-order valence-corrected chi connectivity index (χ0v) is 15.3. The zero-order chi connectivity index (χ0) is 18.4. The molecule has 0 heterocycles. The number of carbonyl (C=O) groups excluding carboxylic acids is 1. The summed E-state index contributed by atoms with van der Waals surface area (Å²) in [6, 6.07) is 11.4. The Labute approximate surface area is 148 Å². The molecular weight excluding hydrogens is 320 g/mol. The molecular formula is C20H24O5. The predicted molar refractivity (Wildman–Crippen MR) is 95.5 cm³/mol. The Bertz CT molecular complexity index is 696. The van der Waals surface area contributed by atoms with Gasteiger partial charge in [0.05, 0.1) is 27.8 Å². The molecule has 2 rings (SSSR count). The van der Waals surface area contributed by atoms with E-state index < -0.39 is 0 Å². The monoisotopic (exact) mass is 344 g/mol. The van der Waals surface area contributed by atoms with Crippen molar-refractivity contribution in [2.75, 3.05) is 21.3 Å². The van der Waals surface area contributed by atoms with Crippen molar-refractivity contribution < 1.29 is 23.7 Å². The molecule has 0 saturated carbocycles. The molecule has 0 aliphatic carbocycles. The van der Waals surface area contributed by atoms with Gasteiger partial charge in [-0.1, -0.05) is 29.8 Å². The molecule has 1 atom stereocenters. The molecule has 0 aliphatic rings. The molecule has 5 nitrogen and oxygen atoms in total. The topological polar surface area (TPSA) is 54.0 Å². The Balaban J connectivity index is 2.10. The largest absolute Gasteiger partial charge is 0.493 e. The highest BCUT2D eigenvalue weighted by Gasteiger charge is 2.17. The van der Waals surface area contributed by atoms with Crippen molar-refractivity contribution in [1.82, 2.24) is 0 Å². The first kappa shape index (κ1) is 18.6. The fraction of sp³-hybridized carbons (Fsp3) is 0.350. The Kier molecular flexibility index (Phi) is 6.28. The van der Waals surface area contributed by atoms with Gasteiger partial charge in [0.1, 0.15) is 6.10 Å². The molecule has 134 valence electrons. The maximum absolute atomic E-state index is 12.3. The van der Waals surface area contributed by atoms with Crippen LogP contribution in [0.1, 0.15) is 29.7 Å². The summed E-state index contributed by atoms with van der Waals surface area (Å²) in [5.41, 5.74) is 2.86. The summed E-state index contributed by atoms with van der Waals surface area (Å²) in [7, 11) is 4.62. The standard InChI is InChI=1S/C20H24O5/c1-13-6-8-16(9-7-13)14(2)25-19(21)12-15-10-17(22-3)20(24-5)18(11-15)23-4/h6-11,14H,12H2,1-5H3/t14-/m1/s1. The van der Waals surface area contributed by atoms with E-state index in [9.17, 15) is 4.79 Å². The van der Waals surface area contributed by atoms with Gasteiger partial charge < -0.3 is 18.9 Å². The van der Waals surface area contributed by atoms with Gasteiger partial charge in [0.25, 0.3) is 0 Å². The third-order valence-electron chi connectivity index (χ3n) is 3.93. The van der Waals surface area contributed by atoms with E-state index in [4.69, 9.17) is 18.9 Å². The van der Waals surface area contributed by atoms with Crippen LogP contribution in [-0.2, 0) is 16.0 Å². The van der Waals surface area contributed by atoms with Crippen LogP contribution in [0.25, 0.3) is 0 Å². The van der Waals surface area contributed by atoms with E-state index in [-0.39, 0.29) is 18.5 Å². The SMILES string of the molecule is COc1cc(CC(=O)O[C@H](C)c2ccc(C)cc2)cc(OC)c1OC. The van der Waals surface area contributed by atoms with Crippen LogP contribution in [0, 0.1) is 6.92 Å². The fourth-order valence-corrected chi connectivity index (χ4v) is 2.55. The first-order valence-electron chi connectivity index (χ1n) is 8.03. The first-order valence-corrected chi connectivity index (χ1v) is 8.03. The second kappa shape index (κ2) is 8.42. The molecule has 0 radical (unpaired) electrons. The van der Waals surface area contributed by atoms with E-state index >= 15 is 0 Å². The van der Waals surface area contributed by atoms with Crippen molar-refractivity contribution in [2.24, 2.45) is 0 Å². The second-order valence-electron chi connectivity index (χ2n) is 5.75. The summed E-state index contributed by atoms with van der Waals surface area (Å²) in [4.78, 5) is 12.3. The highest BCUT2D eigenvalue weighted by atomic mass is 16.5. The minimum Gasteiger partial charge on any atom is -0.493 e. The number of aryl methyl sites for hydroxylation is 1. The summed E-state index contributed by atoms with van der Waals surface area (Å²) in [6.45, 7) is 3.88. The molecule has 0 unspecified atom stereocenters. The highest BCUT2D eigenvalue weighted by molar-refractivity contribution is 5.74. The normalized spacial score (nSPS) is 11.6. The number of benzene rings is 2. The molecule has 0 fully saturated rings. The minimum absolute atomic E-state index is 0.118. The molecule has 2 aromatic rings. The van der Waals surface area contributed by atoms with E-state index in [0.717, 1.165) is 11.1 Å². The summed E-state index contributed by atoms with van der Waals surface area (Å²) in [5.74, 6) is 1.20. The van der Waals surface area contributed by atoms with Crippen LogP contribution in [-0.4, -0.2) is 27.3 Å². The number of hydrogen-bond donors (Lipinski definition) is 0. The van der Waals surface area contributed by atoms with Crippen molar-refractivity contribution >= 4 is 5.97 Å². The second-order valence-corrected chi connectivity index (χ2v) is 5.75. The Hall–Kier alpha value is -2.69. The third kappa shape index (κ3) is 4.66. The number of hydrogen-bond acceptors (Lipinski definition) is 5. The number of rotatable bonds is 7. The number of ether oxygens (including phenoxy) is 4. The van der Waals surface area contributed by atoms with Crippen LogP contribution in [0.5, 0.6) is 17.2 Å². The van der Waals surface area contributed by atoms with E-state index in [1.165, 1.54) is 12.7 Å². The lowest BCUT2D eigenvalue weighted by Gasteiger charge is -2.16. The van der Waals surface area contributed by atoms with Gasteiger partial charge in [-0.15, -0.1) is 0 Å². The maximum Gasteiger partial charge on any atom is 0.310 e. The van der Waals surface area contributed by atoms with Crippen molar-refractivity contribution in [2.45, 2.75) is 26.4 Å². The summed E-state index contributed by atoms with van der Waals surface area (Å²) < 4.78 is 21.4. The Morgan fingerprint density at radius 1 is 0.960 bits per heavy atom. The van der Waals surface area contributed by atoms with Gasteiger partial charge in [-0.05, 0) is 37.1 Å². The molecule has 25 heavy (non-hydrogen) atoms. The molecule has 0 aromatic heterocycles. The first-order chi connectivity index (χ1) is 12.0. The zero-order valence-electron chi connectivity index (χ0n) is 15.3. The minimum atomic E-state index is -0.317. The van der Waals surface area contributed by atoms with Gasteiger partial charge in [-0.3, -0.25) is 4.79 Å². The van der Waals surface area contributed by atoms with Gasteiger partial charge in [0, 0.05) is 0 Å². The van der Waals surface area contributed by atoms with Crippen LogP contribution < -0.4 is 14.2 Å². The van der Waals surface area contributed by atoms with E-state index in [1.54, 1.807) is 26.4 Å². The molecule has 2 aromatic carbocycles. The van der Waals surface area contributed by atoms with E-state index in [0.29, 0.717) is 17.2 Å². The van der Waals surface area contributed by atoms with Crippen molar-refractivity contribution in [3.63, 3.8) is 0 Å². The van der Waals surface area contributed by atoms with Gasteiger partial charge in [0.15, 0.2) is 11.5 Å². The number of esters is 1. The molecule has 0 saturated heterocycles. The predicted octanol–water partition coefficient (Wildman–Crippen LogP) is 3.87. The lowest BCUT2D eigenvalue weighted by molar-refractivity contribution is -0.147. The highest BCUT2D eigenvalue weighted by Crippen LogP contribution is 2.38. The summed E-state index contributed by atoms with van der Waals surface area (Å²) in [6.07, 6.45) is -0.192. The lowest BCUT2D eigenvalue weighted by atomic mass is 10.1. The molecule has 0 N–H and O–H groups in total. The fourth-order valence-electron chi connectivity index (χ4n) is 2.55. The Morgan fingerprint density at radius 2 is 1.52 bits per heavy atom. The van der Waals surface area contributed by atoms with Crippen LogP contribution in [0.15, 0.2) is 36.4 Å². The molecule has 0 aliphatic heterocycles. The van der Waals surface area contributed by atoms with Gasteiger partial charge in [-0.25, -0.2) is 0 Å². The van der Waals surface area contributed by atoms with Gasteiger partial charge >= 0.3 is 5.97 Å². The molecule has 0 amide bonds. The van der Waals surface area contributed by atoms with E-state index in [2.05, 4.69) is 0 Å². The quantitative estimate of drug-likeness (QED) is 0.714. The maximum atomic E-state index is 12.3. The van der Waals surface area contributed by atoms with Crippen LogP contribution >= 0.6 is 0 Å². The van der Waals surface area contributed by atoms with Crippen molar-refractivity contribution in [1.29, 1.82) is 0 Å². The molecule has 0 spiro atoms. The Morgan fingerprint density at radius 3 is 2.00 bits per heavy atom. The third-order valence-corrected chi connectivity index (χ3v) is 3.93. The van der Waals surface area contributed by atoms with Crippen molar-refractivity contribution in [3.8, 4) is 17.2 Å². The van der Waals surface area contributed by atoms with Gasteiger partial charge in [0.2, 0.25) is 5.75 Å². The van der Waals surface area contributed by atoms with Crippen LogP contribution in [0.3, 0.4) is 0 Å². The van der Waals surface area contributed by atoms with Gasteiger partial charge in [-0.2, -0.15) is 0 Å². The molecule has 0 bridgehead atoms. The van der Waals surface area contributed by atoms with E-state index in [1.807, 2.05) is 38.1 Å². The molecule has 5 heteroatoms. The summed E-state index contributed by atoms with van der Waals surface area (Å²) >= 11 is 0. The average Bonchev–Trinajstić information content (AvgIpc) is 2.61. The smallest absolute Gasteiger partial charge is 0.310 e. The van der Waals surface area contributed by atoms with Crippen LogP contribution in [0.2, 0.25) is 0 Å². The summed E-state index contributed by atoms with van der Waals surface area (Å²) in [5, 5.41) is 0. The number of methoxy groups -OCH3 is 3. The van der Waals surface area contributed by atoms with Crippen LogP contribution in [0.4, 0.5) is 0 Å². The van der Waals surface area contributed by atoms with Crippen molar-refractivity contribution in [3.05, 3.63) is 53.1 Å². The number of carbonyl (C=O) groups is 1. The average molecular weight is 344 g/mol. The lowest BCUT2D eigenvalue weighted by Crippen LogP contribution is -2.12.